The normalized spacial score (nSPS) is 11.0. The van der Waals surface area contributed by atoms with Crippen LogP contribution in [0.15, 0.2) is 42.5 Å². The van der Waals surface area contributed by atoms with Crippen molar-refractivity contribution in [3.05, 3.63) is 71.4 Å². The van der Waals surface area contributed by atoms with Crippen molar-refractivity contribution >= 4 is 113 Å². The van der Waals surface area contributed by atoms with Crippen molar-refractivity contribution in [3.8, 4) is 22.3 Å². The lowest BCUT2D eigenvalue weighted by molar-refractivity contribution is 1.37. The lowest BCUT2D eigenvalue weighted by atomic mass is 9.95. The number of halogens is 5. The summed E-state index contributed by atoms with van der Waals surface area (Å²) < 4.78 is 6.58. The molecule has 0 unspecified atom stereocenters. The first-order valence-electron chi connectivity index (χ1n) is 7.50. The topological polar surface area (TPSA) is 0 Å². The predicted molar refractivity (Wildman–Crippen MR) is 150 cm³/mol. The van der Waals surface area contributed by atoms with Gasteiger partial charge in [0.2, 0.25) is 0 Å². The van der Waals surface area contributed by atoms with Crippen molar-refractivity contribution in [2.45, 2.75) is 13.8 Å². The predicted octanol–water partition coefficient (Wildman–Crippen LogP) is 8.66. The first kappa shape index (κ1) is 21.0. The van der Waals surface area contributed by atoms with E-state index in [1.807, 2.05) is 0 Å². The molecule has 3 rings (SSSR count). The van der Waals surface area contributed by atoms with Crippen molar-refractivity contribution in [2.75, 3.05) is 0 Å². The third-order valence-corrected chi connectivity index (χ3v) is 10.3. The molecule has 0 spiro atoms. The van der Waals surface area contributed by atoms with E-state index in [0.717, 1.165) is 0 Å². The van der Waals surface area contributed by atoms with Crippen LogP contribution in [0.2, 0.25) is 0 Å². The number of aryl methyl sites for hydroxylation is 1. The van der Waals surface area contributed by atoms with E-state index in [1.165, 1.54) is 51.2 Å². The van der Waals surface area contributed by atoms with Gasteiger partial charge in [-0.1, -0.05) is 24.3 Å². The molecule has 0 heterocycles. The van der Waals surface area contributed by atoms with Gasteiger partial charge in [-0.2, -0.15) is 0 Å². The Morgan fingerprint density at radius 2 is 1.08 bits per heavy atom. The fraction of sp³-hybridized carbons (Fsp3) is 0.100. The standard InChI is InChI=1S/C20H13I5/c1-10-3-4-17(20(25)18(10)23)16-6-5-15(11(2)19(16)24)12-7-13(21)9-14(22)8-12/h3-9H,1-2H3. The van der Waals surface area contributed by atoms with Crippen LogP contribution in [0.25, 0.3) is 22.3 Å². The largest absolute Gasteiger partial charge is 0.0576 e. The van der Waals surface area contributed by atoms with Crippen LogP contribution in [0.4, 0.5) is 0 Å². The number of hydrogen-bond acceptors (Lipinski definition) is 0. The minimum Gasteiger partial charge on any atom is -0.0576 e. The van der Waals surface area contributed by atoms with Gasteiger partial charge in [0.25, 0.3) is 0 Å². The molecule has 25 heavy (non-hydrogen) atoms. The van der Waals surface area contributed by atoms with E-state index in [0.29, 0.717) is 0 Å². The zero-order valence-corrected chi connectivity index (χ0v) is 24.2. The summed E-state index contributed by atoms with van der Waals surface area (Å²) in [4.78, 5) is 0. The molecule has 0 radical (unpaired) electrons. The highest BCUT2D eigenvalue weighted by Crippen LogP contribution is 2.38. The van der Waals surface area contributed by atoms with Crippen LogP contribution in [-0.4, -0.2) is 0 Å². The second-order valence-electron chi connectivity index (χ2n) is 5.82. The maximum absolute atomic E-state index is 2.51. The minimum atomic E-state index is 1.28. The van der Waals surface area contributed by atoms with Gasteiger partial charge in [0.1, 0.15) is 0 Å². The Kier molecular flexibility index (Phi) is 7.37. The zero-order chi connectivity index (χ0) is 18.3. The maximum Gasteiger partial charge on any atom is 0.0345 e. The molecular weight excluding hydrogens is 875 g/mol. The summed E-state index contributed by atoms with van der Waals surface area (Å²) in [5.41, 5.74) is 7.96. The van der Waals surface area contributed by atoms with Gasteiger partial charge in [-0.15, -0.1) is 0 Å². The van der Waals surface area contributed by atoms with Gasteiger partial charge in [0, 0.05) is 17.9 Å². The molecule has 3 aromatic carbocycles. The second-order valence-corrected chi connectivity index (χ2v) is 11.5. The summed E-state index contributed by atoms with van der Waals surface area (Å²) in [6, 6.07) is 15.8. The van der Waals surface area contributed by atoms with Crippen molar-refractivity contribution < 1.29 is 0 Å². The maximum atomic E-state index is 2.51. The van der Waals surface area contributed by atoms with Gasteiger partial charge in [0.15, 0.2) is 0 Å². The van der Waals surface area contributed by atoms with Gasteiger partial charge in [-0.3, -0.25) is 0 Å². The summed E-state index contributed by atoms with van der Waals surface area (Å²) in [7, 11) is 0. The Morgan fingerprint density at radius 1 is 0.560 bits per heavy atom. The van der Waals surface area contributed by atoms with Crippen LogP contribution >= 0.6 is 113 Å². The van der Waals surface area contributed by atoms with Crippen molar-refractivity contribution in [2.24, 2.45) is 0 Å². The summed E-state index contributed by atoms with van der Waals surface area (Å²) in [5, 5.41) is 0. The highest BCUT2D eigenvalue weighted by atomic mass is 127. The van der Waals surface area contributed by atoms with Crippen LogP contribution in [0, 0.1) is 31.7 Å². The Morgan fingerprint density at radius 3 is 1.72 bits per heavy atom. The Balaban J connectivity index is 2.18. The van der Waals surface area contributed by atoms with Crippen LogP contribution in [0.3, 0.4) is 0 Å². The molecule has 0 atom stereocenters. The third-order valence-electron chi connectivity index (χ3n) is 4.13. The molecule has 0 N–H and O–H groups in total. The molecule has 0 nitrogen and oxygen atoms in total. The molecule has 5 heteroatoms. The van der Waals surface area contributed by atoms with E-state index in [4.69, 9.17) is 0 Å². The Labute approximate surface area is 217 Å². The third kappa shape index (κ3) is 4.50. The molecule has 0 aliphatic heterocycles. The smallest absolute Gasteiger partial charge is 0.0345 e. The van der Waals surface area contributed by atoms with Gasteiger partial charge in [-0.25, -0.2) is 0 Å². The van der Waals surface area contributed by atoms with Crippen molar-refractivity contribution in [1.29, 1.82) is 0 Å². The molecule has 0 saturated carbocycles. The van der Waals surface area contributed by atoms with E-state index in [2.05, 4.69) is 169 Å². The SMILES string of the molecule is Cc1ccc(-c2ccc(-c3cc(I)cc(I)c3)c(C)c2I)c(I)c1I. The molecule has 0 aliphatic carbocycles. The van der Waals surface area contributed by atoms with Crippen LogP contribution in [0.5, 0.6) is 0 Å². The summed E-state index contributed by atoms with van der Waals surface area (Å²) in [6.45, 7) is 4.41. The Bertz CT molecular complexity index is 956. The quantitative estimate of drug-likeness (QED) is 0.226. The second kappa shape index (κ2) is 8.76. The van der Waals surface area contributed by atoms with Gasteiger partial charge in [0.05, 0.1) is 0 Å². The summed E-state index contributed by atoms with van der Waals surface area (Å²) in [6.07, 6.45) is 0. The van der Waals surface area contributed by atoms with Crippen LogP contribution in [0.1, 0.15) is 11.1 Å². The minimum absolute atomic E-state index is 1.28. The Hall–Kier alpha value is 1.31. The monoisotopic (exact) mass is 888 g/mol. The fourth-order valence-electron chi connectivity index (χ4n) is 2.77. The van der Waals surface area contributed by atoms with E-state index in [9.17, 15) is 0 Å². The molecule has 0 amide bonds. The first-order valence-corrected chi connectivity index (χ1v) is 12.9. The van der Waals surface area contributed by atoms with Crippen LogP contribution < -0.4 is 0 Å². The molecule has 0 saturated heterocycles. The summed E-state index contributed by atoms with van der Waals surface area (Å²) >= 11 is 12.2. The van der Waals surface area contributed by atoms with E-state index < -0.39 is 0 Å². The zero-order valence-electron chi connectivity index (χ0n) is 13.4. The van der Waals surface area contributed by atoms with Gasteiger partial charge >= 0.3 is 0 Å². The molecule has 3 aromatic rings. The van der Waals surface area contributed by atoms with E-state index >= 15 is 0 Å². The van der Waals surface area contributed by atoms with Crippen molar-refractivity contribution in [1.82, 2.24) is 0 Å². The average molecular weight is 888 g/mol. The molecule has 0 fully saturated rings. The first-order chi connectivity index (χ1) is 11.8. The van der Waals surface area contributed by atoms with Gasteiger partial charge < -0.3 is 0 Å². The molecule has 0 aromatic heterocycles. The van der Waals surface area contributed by atoms with Gasteiger partial charge in [-0.05, 0) is 178 Å². The fourth-order valence-corrected chi connectivity index (χ4v) is 6.83. The lowest BCUT2D eigenvalue weighted by Gasteiger charge is -2.16. The molecular formula is C20H13I5. The van der Waals surface area contributed by atoms with E-state index in [-0.39, 0.29) is 0 Å². The molecule has 0 aliphatic rings. The van der Waals surface area contributed by atoms with E-state index in [1.54, 1.807) is 0 Å². The number of hydrogen-bond donors (Lipinski definition) is 0. The van der Waals surface area contributed by atoms with Crippen LogP contribution in [-0.2, 0) is 0 Å². The highest BCUT2D eigenvalue weighted by Gasteiger charge is 2.15. The van der Waals surface area contributed by atoms with Crippen molar-refractivity contribution in [3.63, 3.8) is 0 Å². The number of benzene rings is 3. The molecule has 0 bridgehead atoms. The highest BCUT2D eigenvalue weighted by molar-refractivity contribution is 14.1. The number of rotatable bonds is 2. The average Bonchev–Trinajstić information content (AvgIpc) is 2.55. The lowest BCUT2D eigenvalue weighted by Crippen LogP contribution is -1.96. The summed E-state index contributed by atoms with van der Waals surface area (Å²) in [5.74, 6) is 0. The molecule has 128 valence electrons.